The maximum atomic E-state index is 6.55. The molecule has 0 aromatic heterocycles. The Balaban J connectivity index is 1.11. The van der Waals surface area contributed by atoms with E-state index in [0.29, 0.717) is 0 Å². The second-order valence-electron chi connectivity index (χ2n) is 9.92. The molecule has 1 aliphatic heterocycles. The molecule has 1 fully saturated rings. The Morgan fingerprint density at radius 2 is 1.05 bits per heavy atom. The number of aryl methyl sites for hydroxylation is 1. The van der Waals surface area contributed by atoms with Crippen LogP contribution in [0.15, 0.2) is 115 Å². The lowest BCUT2D eigenvalue weighted by atomic mass is 9.98. The van der Waals surface area contributed by atoms with Crippen LogP contribution in [0.1, 0.15) is 29.2 Å². The van der Waals surface area contributed by atoms with Crippen molar-refractivity contribution in [2.24, 2.45) is 0 Å². The van der Waals surface area contributed by atoms with Gasteiger partial charge in [-0.3, -0.25) is 4.90 Å². The zero-order chi connectivity index (χ0) is 25.1. The molecule has 1 saturated heterocycles. The molecule has 3 nitrogen and oxygen atoms in total. The fourth-order valence-electron chi connectivity index (χ4n) is 5.18. The summed E-state index contributed by atoms with van der Waals surface area (Å²) in [6.45, 7) is 7.44. The van der Waals surface area contributed by atoms with Crippen molar-refractivity contribution in [2.75, 3.05) is 45.9 Å². The number of hydrogen-bond donors (Lipinski definition) is 0. The fraction of sp³-hybridized carbons (Fsp3) is 0.294. The molecule has 190 valence electrons. The molecule has 37 heavy (non-hydrogen) atoms. The molecule has 0 N–H and O–H groups in total. The minimum absolute atomic E-state index is 0.0506. The number of nitrogens with zero attached hydrogens (tertiary/aromatic N) is 2. The smallest absolute Gasteiger partial charge is 0.108 e. The molecule has 0 radical (unpaired) electrons. The predicted octanol–water partition coefficient (Wildman–Crippen LogP) is 6.71. The third kappa shape index (κ3) is 7.39. The van der Waals surface area contributed by atoms with Crippen LogP contribution >= 0.6 is 0 Å². The van der Waals surface area contributed by atoms with Gasteiger partial charge in [0, 0.05) is 32.7 Å². The van der Waals surface area contributed by atoms with Crippen LogP contribution in [0.25, 0.3) is 11.1 Å². The Bertz CT molecular complexity index is 1170. The van der Waals surface area contributed by atoms with Crippen molar-refractivity contribution in [2.45, 2.75) is 18.9 Å². The van der Waals surface area contributed by atoms with Crippen LogP contribution in [0.3, 0.4) is 0 Å². The third-order valence-electron chi connectivity index (χ3n) is 7.36. The molecule has 0 bridgehead atoms. The van der Waals surface area contributed by atoms with Gasteiger partial charge in [-0.1, -0.05) is 115 Å². The first-order valence-electron chi connectivity index (χ1n) is 13.7. The van der Waals surface area contributed by atoms with Crippen LogP contribution in [0, 0.1) is 0 Å². The minimum Gasteiger partial charge on any atom is -0.367 e. The Labute approximate surface area is 222 Å². The normalized spacial score (nSPS) is 15.5. The van der Waals surface area contributed by atoms with E-state index >= 15 is 0 Å². The number of piperazine rings is 1. The van der Waals surface area contributed by atoms with Crippen LogP contribution in [0.2, 0.25) is 0 Å². The van der Waals surface area contributed by atoms with Gasteiger partial charge in [0.25, 0.3) is 0 Å². The van der Waals surface area contributed by atoms with E-state index in [1.807, 2.05) is 0 Å². The molecule has 1 aliphatic rings. The summed E-state index contributed by atoms with van der Waals surface area (Å²) >= 11 is 0. The van der Waals surface area contributed by atoms with Gasteiger partial charge in [0.1, 0.15) is 6.10 Å². The largest absolute Gasteiger partial charge is 0.367 e. The summed E-state index contributed by atoms with van der Waals surface area (Å²) in [6, 6.07) is 40.8. The van der Waals surface area contributed by atoms with Gasteiger partial charge < -0.3 is 9.64 Å². The number of benzene rings is 4. The fourth-order valence-corrected chi connectivity index (χ4v) is 5.18. The molecule has 0 amide bonds. The van der Waals surface area contributed by atoms with Gasteiger partial charge in [-0.15, -0.1) is 0 Å². The lowest BCUT2D eigenvalue weighted by Gasteiger charge is -2.35. The van der Waals surface area contributed by atoms with E-state index in [1.165, 1.54) is 47.2 Å². The monoisotopic (exact) mass is 490 g/mol. The van der Waals surface area contributed by atoms with Gasteiger partial charge in [-0.2, -0.15) is 0 Å². The molecule has 0 aliphatic carbocycles. The zero-order valence-corrected chi connectivity index (χ0v) is 21.7. The maximum Gasteiger partial charge on any atom is 0.108 e. The summed E-state index contributed by atoms with van der Waals surface area (Å²) in [4.78, 5) is 5.16. The molecule has 0 saturated carbocycles. The molecular weight excluding hydrogens is 452 g/mol. The standard InChI is InChI=1S/C34H38N2O/c1-4-11-29(12-5-1)13-10-22-35-23-25-36(26-24-35)27-28-37-34(32-16-8-3-9-17-32)33-20-18-31(19-21-33)30-14-6-2-7-15-30/h1-9,11-12,14-21,34H,10,13,22-28H2. The van der Waals surface area contributed by atoms with Crippen LogP contribution in [0.4, 0.5) is 0 Å². The van der Waals surface area contributed by atoms with Gasteiger partial charge in [0.15, 0.2) is 0 Å². The first kappa shape index (κ1) is 25.4. The highest BCUT2D eigenvalue weighted by atomic mass is 16.5. The lowest BCUT2D eigenvalue weighted by molar-refractivity contribution is 0.0451. The second-order valence-corrected chi connectivity index (χ2v) is 9.92. The Morgan fingerprint density at radius 1 is 0.541 bits per heavy atom. The molecule has 1 atom stereocenters. The van der Waals surface area contributed by atoms with Crippen molar-refractivity contribution in [3.05, 3.63) is 132 Å². The predicted molar refractivity (Wildman–Crippen MR) is 154 cm³/mol. The molecule has 5 rings (SSSR count). The summed E-state index contributed by atoms with van der Waals surface area (Å²) in [6.07, 6.45) is 2.35. The highest BCUT2D eigenvalue weighted by molar-refractivity contribution is 5.63. The molecule has 3 heteroatoms. The van der Waals surface area contributed by atoms with Crippen molar-refractivity contribution >= 4 is 0 Å². The zero-order valence-electron chi connectivity index (χ0n) is 21.7. The molecule has 4 aromatic carbocycles. The Kier molecular flexibility index (Phi) is 9.17. The average Bonchev–Trinajstić information content (AvgIpc) is 2.98. The maximum absolute atomic E-state index is 6.55. The molecule has 1 unspecified atom stereocenters. The van der Waals surface area contributed by atoms with E-state index in [1.54, 1.807) is 0 Å². The van der Waals surface area contributed by atoms with Crippen LogP contribution < -0.4 is 0 Å². The van der Waals surface area contributed by atoms with E-state index in [-0.39, 0.29) is 6.10 Å². The van der Waals surface area contributed by atoms with Crippen molar-refractivity contribution < 1.29 is 4.74 Å². The van der Waals surface area contributed by atoms with Crippen LogP contribution in [-0.4, -0.2) is 55.7 Å². The highest BCUT2D eigenvalue weighted by Gasteiger charge is 2.19. The summed E-state index contributed by atoms with van der Waals surface area (Å²) in [5.41, 5.74) is 6.33. The SMILES string of the molecule is c1ccc(CCCN2CCN(CCOC(c3ccccc3)c3ccc(-c4ccccc4)cc3)CC2)cc1. The summed E-state index contributed by atoms with van der Waals surface area (Å²) in [5.74, 6) is 0. The molecule has 1 heterocycles. The van der Waals surface area contributed by atoms with E-state index in [0.717, 1.165) is 39.3 Å². The Hall–Kier alpha value is -3.24. The number of rotatable bonds is 11. The molecule has 0 spiro atoms. The topological polar surface area (TPSA) is 15.7 Å². The van der Waals surface area contributed by atoms with Gasteiger partial charge >= 0.3 is 0 Å². The van der Waals surface area contributed by atoms with E-state index < -0.39 is 0 Å². The van der Waals surface area contributed by atoms with Crippen LogP contribution in [-0.2, 0) is 11.2 Å². The quantitative estimate of drug-likeness (QED) is 0.232. The van der Waals surface area contributed by atoms with Crippen molar-refractivity contribution in [3.63, 3.8) is 0 Å². The summed E-state index contributed by atoms with van der Waals surface area (Å²) < 4.78 is 6.55. The number of hydrogen-bond acceptors (Lipinski definition) is 3. The average molecular weight is 491 g/mol. The Morgan fingerprint density at radius 3 is 1.70 bits per heavy atom. The van der Waals surface area contributed by atoms with Gasteiger partial charge in [0.2, 0.25) is 0 Å². The lowest BCUT2D eigenvalue weighted by Crippen LogP contribution is -2.47. The van der Waals surface area contributed by atoms with Crippen molar-refractivity contribution in [1.82, 2.24) is 9.80 Å². The summed E-state index contributed by atoms with van der Waals surface area (Å²) in [5, 5.41) is 0. The molecule has 4 aromatic rings. The van der Waals surface area contributed by atoms with Crippen molar-refractivity contribution in [1.29, 1.82) is 0 Å². The van der Waals surface area contributed by atoms with Gasteiger partial charge in [-0.05, 0) is 47.2 Å². The first-order chi connectivity index (χ1) is 18.3. The first-order valence-corrected chi connectivity index (χ1v) is 13.7. The van der Waals surface area contributed by atoms with Crippen molar-refractivity contribution in [3.8, 4) is 11.1 Å². The molecular formula is C34H38N2O. The van der Waals surface area contributed by atoms with E-state index in [4.69, 9.17) is 4.74 Å². The number of ether oxygens (including phenoxy) is 1. The van der Waals surface area contributed by atoms with Crippen LogP contribution in [0.5, 0.6) is 0 Å². The van der Waals surface area contributed by atoms with Gasteiger partial charge in [0.05, 0.1) is 6.61 Å². The van der Waals surface area contributed by atoms with E-state index in [9.17, 15) is 0 Å². The summed E-state index contributed by atoms with van der Waals surface area (Å²) in [7, 11) is 0. The van der Waals surface area contributed by atoms with E-state index in [2.05, 4.69) is 125 Å². The van der Waals surface area contributed by atoms with Gasteiger partial charge in [-0.25, -0.2) is 0 Å². The third-order valence-corrected chi connectivity index (χ3v) is 7.36. The highest BCUT2D eigenvalue weighted by Crippen LogP contribution is 2.28. The second kappa shape index (κ2) is 13.3. The minimum atomic E-state index is -0.0506.